The van der Waals surface area contributed by atoms with E-state index < -0.39 is 12.1 Å². The number of unbranched alkanes of at least 4 members (excludes halogenated alkanes) is 16. The molecule has 0 radical (unpaired) electrons. The van der Waals surface area contributed by atoms with Gasteiger partial charge in [-0.15, -0.1) is 0 Å². The average Bonchev–Trinajstić information content (AvgIpc) is 3.26. The molecule has 2 atom stereocenters. The van der Waals surface area contributed by atoms with Crippen LogP contribution < -0.4 is 5.32 Å². The molecule has 3 N–H and O–H groups in total. The van der Waals surface area contributed by atoms with Gasteiger partial charge in [-0.25, -0.2) is 0 Å². The molecule has 0 rings (SSSR count). The summed E-state index contributed by atoms with van der Waals surface area (Å²) >= 11 is 0. The number of nitrogens with one attached hydrogen (secondary N) is 1. The number of amides is 1. The van der Waals surface area contributed by atoms with Crippen LogP contribution in [-0.2, 0) is 4.79 Å². The number of rotatable bonds is 43. The van der Waals surface area contributed by atoms with Gasteiger partial charge in [0.05, 0.1) is 18.8 Å². The van der Waals surface area contributed by atoms with E-state index in [-0.39, 0.29) is 12.5 Å². The molecular formula is C57H93NO3. The van der Waals surface area contributed by atoms with E-state index in [9.17, 15) is 15.0 Å². The monoisotopic (exact) mass is 840 g/mol. The van der Waals surface area contributed by atoms with Crippen molar-refractivity contribution in [3.8, 4) is 0 Å². The normalized spacial score (nSPS) is 14.1. The highest BCUT2D eigenvalue weighted by atomic mass is 16.3. The first-order valence-corrected chi connectivity index (χ1v) is 24.9. The molecule has 0 aromatic rings. The fourth-order valence-corrected chi connectivity index (χ4v) is 6.56. The Kier molecular flexibility index (Phi) is 48.0. The number of aliphatic hydroxyl groups is 2. The van der Waals surface area contributed by atoms with Crippen molar-refractivity contribution in [3.05, 3.63) is 134 Å². The van der Waals surface area contributed by atoms with Crippen molar-refractivity contribution in [2.24, 2.45) is 0 Å². The molecule has 0 saturated heterocycles. The topological polar surface area (TPSA) is 69.6 Å². The van der Waals surface area contributed by atoms with Crippen LogP contribution in [0.1, 0.15) is 200 Å². The molecule has 0 spiro atoms. The van der Waals surface area contributed by atoms with Gasteiger partial charge in [-0.2, -0.15) is 0 Å². The molecule has 344 valence electrons. The Bertz CT molecular complexity index is 1270. The first-order chi connectivity index (χ1) is 30.2. The molecule has 61 heavy (non-hydrogen) atoms. The van der Waals surface area contributed by atoms with E-state index in [1.165, 1.54) is 89.9 Å². The lowest BCUT2D eigenvalue weighted by atomic mass is 10.0. The van der Waals surface area contributed by atoms with Crippen LogP contribution >= 0.6 is 0 Å². The number of allylic oxidation sites excluding steroid dienone is 21. The zero-order valence-corrected chi connectivity index (χ0v) is 39.4. The third-order valence-electron chi connectivity index (χ3n) is 10.3. The molecule has 0 bridgehead atoms. The quantitative estimate of drug-likeness (QED) is 0.0423. The number of hydrogen-bond donors (Lipinski definition) is 3. The highest BCUT2D eigenvalue weighted by molar-refractivity contribution is 5.76. The fraction of sp³-hybridized carbons (Fsp3) is 0.596. The summed E-state index contributed by atoms with van der Waals surface area (Å²) in [6.45, 7) is 4.11. The van der Waals surface area contributed by atoms with E-state index in [0.29, 0.717) is 6.42 Å². The predicted octanol–water partition coefficient (Wildman–Crippen LogP) is 16.3. The molecule has 1 amide bonds. The van der Waals surface area contributed by atoms with Gasteiger partial charge in [0, 0.05) is 6.42 Å². The highest BCUT2D eigenvalue weighted by Gasteiger charge is 2.17. The van der Waals surface area contributed by atoms with E-state index in [1.54, 1.807) is 6.08 Å². The number of hydrogen-bond acceptors (Lipinski definition) is 3. The van der Waals surface area contributed by atoms with E-state index in [4.69, 9.17) is 0 Å². The Hall–Kier alpha value is -3.47. The van der Waals surface area contributed by atoms with Crippen LogP contribution in [-0.4, -0.2) is 34.9 Å². The number of carbonyl (C=O) groups excluding carboxylic acids is 1. The number of aliphatic hydroxyl groups excluding tert-OH is 2. The van der Waals surface area contributed by atoms with E-state index in [2.05, 4.69) is 141 Å². The Morgan fingerprint density at radius 3 is 1.15 bits per heavy atom. The Morgan fingerprint density at radius 1 is 0.410 bits per heavy atom. The van der Waals surface area contributed by atoms with Gasteiger partial charge in [-0.3, -0.25) is 4.79 Å². The van der Waals surface area contributed by atoms with Crippen LogP contribution in [0, 0.1) is 0 Å². The molecular weight excluding hydrogens is 747 g/mol. The summed E-state index contributed by atoms with van der Waals surface area (Å²) in [5.41, 5.74) is 0. The molecule has 0 aliphatic carbocycles. The van der Waals surface area contributed by atoms with E-state index in [1.807, 2.05) is 6.08 Å². The van der Waals surface area contributed by atoms with Crippen LogP contribution in [0.3, 0.4) is 0 Å². The van der Waals surface area contributed by atoms with Gasteiger partial charge in [0.1, 0.15) is 0 Å². The molecule has 0 aliphatic heterocycles. The summed E-state index contributed by atoms with van der Waals surface area (Å²) in [4.78, 5) is 12.4. The summed E-state index contributed by atoms with van der Waals surface area (Å²) < 4.78 is 0. The minimum atomic E-state index is -0.877. The van der Waals surface area contributed by atoms with Crippen molar-refractivity contribution in [1.82, 2.24) is 5.32 Å². The Balaban J connectivity index is 3.61. The number of carbonyl (C=O) groups is 1. The van der Waals surface area contributed by atoms with Crippen LogP contribution in [0.4, 0.5) is 0 Å². The largest absolute Gasteiger partial charge is 0.394 e. The smallest absolute Gasteiger partial charge is 0.220 e. The predicted molar refractivity (Wildman–Crippen MR) is 271 cm³/mol. The maximum atomic E-state index is 12.4. The molecule has 0 aromatic carbocycles. The fourth-order valence-electron chi connectivity index (χ4n) is 6.56. The van der Waals surface area contributed by atoms with Crippen LogP contribution in [0.15, 0.2) is 134 Å². The van der Waals surface area contributed by atoms with Gasteiger partial charge < -0.3 is 15.5 Å². The van der Waals surface area contributed by atoms with Crippen molar-refractivity contribution in [2.45, 2.75) is 212 Å². The summed E-state index contributed by atoms with van der Waals surface area (Å²) in [5, 5.41) is 22.9. The van der Waals surface area contributed by atoms with Gasteiger partial charge in [-0.05, 0) is 103 Å². The van der Waals surface area contributed by atoms with Crippen molar-refractivity contribution in [2.75, 3.05) is 6.61 Å². The Labute approximate surface area is 377 Å². The highest BCUT2D eigenvalue weighted by Crippen LogP contribution is 2.14. The van der Waals surface area contributed by atoms with Crippen LogP contribution in [0.2, 0.25) is 0 Å². The summed E-state index contributed by atoms with van der Waals surface area (Å²) in [6, 6.07) is -0.653. The summed E-state index contributed by atoms with van der Waals surface area (Å²) in [6.07, 6.45) is 80.1. The van der Waals surface area contributed by atoms with Crippen LogP contribution in [0.5, 0.6) is 0 Å². The van der Waals surface area contributed by atoms with Crippen molar-refractivity contribution in [1.29, 1.82) is 0 Å². The van der Waals surface area contributed by atoms with Gasteiger partial charge in [0.15, 0.2) is 0 Å². The first-order valence-electron chi connectivity index (χ1n) is 24.9. The standard InChI is InChI=1S/C57H93NO3/c1-3-5-7-9-11-13-15-17-18-19-20-21-22-23-24-25-26-27-28-29-30-31-32-33-34-35-36-37-38-39-40-41-43-45-47-49-51-53-57(61)58-55(54-59)56(60)52-50-48-46-44-42-16-14-12-10-8-6-4-2/h5,7,10-13,17-18,20-21,23-24,26-27,29-30,32-33,42,44,50,52,55-56,59-60H,3-4,6,8-9,14-16,19,22,25,28,31,34-41,43,45-49,51,53-54H2,1-2H3,(H,58,61)/b7-5-,12-10+,13-11-,18-17-,21-20-,24-23-,27-26-,30-29-,33-32-,44-42+,52-50+. The van der Waals surface area contributed by atoms with Crippen LogP contribution in [0.25, 0.3) is 0 Å². The van der Waals surface area contributed by atoms with E-state index in [0.717, 1.165) is 89.9 Å². The Morgan fingerprint density at radius 2 is 0.738 bits per heavy atom. The molecule has 0 aromatic heterocycles. The first kappa shape index (κ1) is 57.5. The minimum Gasteiger partial charge on any atom is -0.394 e. The van der Waals surface area contributed by atoms with Gasteiger partial charge in [0.25, 0.3) is 0 Å². The maximum Gasteiger partial charge on any atom is 0.220 e. The second kappa shape index (κ2) is 50.9. The van der Waals surface area contributed by atoms with Crippen molar-refractivity contribution in [3.63, 3.8) is 0 Å². The van der Waals surface area contributed by atoms with Crippen molar-refractivity contribution >= 4 is 5.91 Å². The molecule has 0 heterocycles. The molecule has 0 aliphatic rings. The summed E-state index contributed by atoms with van der Waals surface area (Å²) in [7, 11) is 0. The van der Waals surface area contributed by atoms with Crippen molar-refractivity contribution < 1.29 is 15.0 Å². The lowest BCUT2D eigenvalue weighted by molar-refractivity contribution is -0.123. The molecule has 2 unspecified atom stereocenters. The third-order valence-corrected chi connectivity index (χ3v) is 10.3. The van der Waals surface area contributed by atoms with E-state index >= 15 is 0 Å². The minimum absolute atomic E-state index is 0.0882. The molecule has 4 heteroatoms. The molecule has 0 fully saturated rings. The van der Waals surface area contributed by atoms with Gasteiger partial charge in [0.2, 0.25) is 5.91 Å². The molecule has 0 saturated carbocycles. The zero-order chi connectivity index (χ0) is 44.2. The second-order valence-corrected chi connectivity index (χ2v) is 16.1. The molecule has 4 nitrogen and oxygen atoms in total. The average molecular weight is 840 g/mol. The van der Waals surface area contributed by atoms with Gasteiger partial charge >= 0.3 is 0 Å². The zero-order valence-electron chi connectivity index (χ0n) is 39.4. The SMILES string of the molecule is CC/C=C\C/C=C\C/C=C\C/C=C\C/C=C\C/C=C\C/C=C\C/C=C\CCCCCCCCCCCCCCC(=O)NC(CO)C(O)/C=C/CC/C=C/CC/C=C/CCCC. The maximum absolute atomic E-state index is 12.4. The lowest BCUT2D eigenvalue weighted by Gasteiger charge is -2.19. The third kappa shape index (κ3) is 47.4. The van der Waals surface area contributed by atoms with Gasteiger partial charge in [-0.1, -0.05) is 225 Å². The second-order valence-electron chi connectivity index (χ2n) is 16.1. The lowest BCUT2D eigenvalue weighted by Crippen LogP contribution is -2.45. The summed E-state index contributed by atoms with van der Waals surface area (Å²) in [5.74, 6) is -0.0882.